The van der Waals surface area contributed by atoms with Gasteiger partial charge in [0.25, 0.3) is 0 Å². The highest BCUT2D eigenvalue weighted by Crippen LogP contribution is 2.28. The summed E-state index contributed by atoms with van der Waals surface area (Å²) >= 11 is 0. The summed E-state index contributed by atoms with van der Waals surface area (Å²) in [5.74, 6) is -0.954. The number of carbonyl (C=O) groups is 2. The van der Waals surface area contributed by atoms with Gasteiger partial charge in [-0.25, -0.2) is 4.79 Å². The third-order valence-corrected chi connectivity index (χ3v) is 3.23. The number of amides is 2. The Kier molecular flexibility index (Phi) is 3.75. The number of carboxylic acids is 1. The van der Waals surface area contributed by atoms with Gasteiger partial charge in [0.2, 0.25) is 0 Å². The predicted molar refractivity (Wildman–Crippen MR) is 64.3 cm³/mol. The maximum Gasteiger partial charge on any atom is 0.323 e. The second kappa shape index (κ2) is 5.14. The maximum atomic E-state index is 12.3. The fraction of sp³-hybridized carbons (Fsp3) is 0.833. The van der Waals surface area contributed by atoms with Crippen LogP contribution in [0.4, 0.5) is 4.79 Å². The van der Waals surface area contributed by atoms with Crippen molar-refractivity contribution in [3.8, 4) is 0 Å². The second-order valence-corrected chi connectivity index (χ2v) is 5.20. The van der Waals surface area contributed by atoms with E-state index < -0.39 is 5.97 Å². The number of hydrogen-bond donors (Lipinski definition) is 1. The lowest BCUT2D eigenvalue weighted by Gasteiger charge is -2.38. The van der Waals surface area contributed by atoms with E-state index in [0.29, 0.717) is 13.1 Å². The van der Waals surface area contributed by atoms with Crippen molar-refractivity contribution in [1.29, 1.82) is 0 Å². The van der Waals surface area contributed by atoms with Crippen molar-refractivity contribution in [3.63, 3.8) is 0 Å². The first kappa shape index (κ1) is 13.1. The van der Waals surface area contributed by atoms with Gasteiger partial charge in [0.05, 0.1) is 12.2 Å². The summed E-state index contributed by atoms with van der Waals surface area (Å²) < 4.78 is 5.57. The van der Waals surface area contributed by atoms with Gasteiger partial charge in [0.15, 0.2) is 0 Å². The molecule has 0 aromatic heterocycles. The molecule has 0 aromatic carbocycles. The maximum absolute atomic E-state index is 12.3. The van der Waals surface area contributed by atoms with Crippen molar-refractivity contribution in [2.24, 2.45) is 0 Å². The van der Waals surface area contributed by atoms with Crippen LogP contribution in [0.2, 0.25) is 0 Å². The van der Waals surface area contributed by atoms with Crippen molar-refractivity contribution in [2.45, 2.75) is 44.9 Å². The summed E-state index contributed by atoms with van der Waals surface area (Å²) in [5, 5.41) is 8.87. The summed E-state index contributed by atoms with van der Waals surface area (Å²) in [6.45, 7) is 4.71. The number of carbonyl (C=O) groups excluding carboxylic acids is 1. The molecule has 6 heteroatoms. The van der Waals surface area contributed by atoms with E-state index in [1.165, 1.54) is 4.90 Å². The third-order valence-electron chi connectivity index (χ3n) is 3.23. The molecule has 1 aliphatic carbocycles. The zero-order chi connectivity index (χ0) is 13.3. The summed E-state index contributed by atoms with van der Waals surface area (Å²) in [7, 11) is 0. The minimum Gasteiger partial charge on any atom is -0.480 e. The Labute approximate surface area is 106 Å². The van der Waals surface area contributed by atoms with Gasteiger partial charge in [-0.05, 0) is 26.7 Å². The second-order valence-electron chi connectivity index (χ2n) is 5.20. The Hall–Kier alpha value is -1.30. The molecule has 0 bridgehead atoms. The Morgan fingerprint density at radius 3 is 2.28 bits per heavy atom. The molecule has 0 spiro atoms. The predicted octanol–water partition coefficient (Wildman–Crippen LogP) is 0.765. The SMILES string of the molecule is C[C@@H]1CN(C(=O)N(CC(=O)O)C2CC2)C[C@H](C)O1. The van der Waals surface area contributed by atoms with E-state index in [1.54, 1.807) is 4.90 Å². The zero-order valence-corrected chi connectivity index (χ0v) is 10.8. The number of carboxylic acid groups (broad SMARTS) is 1. The average molecular weight is 256 g/mol. The van der Waals surface area contributed by atoms with E-state index in [2.05, 4.69) is 0 Å². The Balaban J connectivity index is 2.00. The van der Waals surface area contributed by atoms with E-state index >= 15 is 0 Å². The van der Waals surface area contributed by atoms with Crippen molar-refractivity contribution in [1.82, 2.24) is 9.80 Å². The number of aliphatic carboxylic acids is 1. The number of rotatable bonds is 3. The number of nitrogens with zero attached hydrogens (tertiary/aromatic N) is 2. The Bertz CT molecular complexity index is 333. The molecule has 1 heterocycles. The van der Waals surface area contributed by atoms with Gasteiger partial charge in [-0.1, -0.05) is 0 Å². The molecule has 2 rings (SSSR count). The monoisotopic (exact) mass is 256 g/mol. The Morgan fingerprint density at radius 2 is 1.83 bits per heavy atom. The van der Waals surface area contributed by atoms with Crippen molar-refractivity contribution >= 4 is 12.0 Å². The van der Waals surface area contributed by atoms with Crippen LogP contribution in [0, 0.1) is 0 Å². The lowest BCUT2D eigenvalue weighted by Crippen LogP contribution is -2.54. The van der Waals surface area contributed by atoms with Crippen LogP contribution >= 0.6 is 0 Å². The highest BCUT2D eigenvalue weighted by Gasteiger charge is 2.37. The van der Waals surface area contributed by atoms with Crippen LogP contribution in [0.1, 0.15) is 26.7 Å². The molecule has 0 radical (unpaired) electrons. The third kappa shape index (κ3) is 3.13. The molecule has 2 atom stereocenters. The summed E-state index contributed by atoms with van der Waals surface area (Å²) in [6.07, 6.45) is 1.83. The number of urea groups is 1. The van der Waals surface area contributed by atoms with Gasteiger partial charge >= 0.3 is 12.0 Å². The number of ether oxygens (including phenoxy) is 1. The minimum absolute atomic E-state index is 0.00332. The molecule has 102 valence electrons. The smallest absolute Gasteiger partial charge is 0.323 e. The first-order valence-electron chi connectivity index (χ1n) is 6.40. The van der Waals surface area contributed by atoms with Gasteiger partial charge in [0.1, 0.15) is 6.54 Å². The standard InChI is InChI=1S/C12H20N2O4/c1-8-5-13(6-9(2)18-8)12(17)14(7-11(15)16)10-3-4-10/h8-10H,3-7H2,1-2H3,(H,15,16)/t8-,9+. The fourth-order valence-corrected chi connectivity index (χ4v) is 2.40. The molecule has 6 nitrogen and oxygen atoms in total. The van der Waals surface area contributed by atoms with Gasteiger partial charge in [-0.15, -0.1) is 0 Å². The molecular weight excluding hydrogens is 236 g/mol. The lowest BCUT2D eigenvalue weighted by atomic mass is 10.2. The average Bonchev–Trinajstić information content (AvgIpc) is 3.07. The van der Waals surface area contributed by atoms with E-state index in [-0.39, 0.29) is 30.8 Å². The molecule has 1 saturated heterocycles. The molecule has 1 N–H and O–H groups in total. The lowest BCUT2D eigenvalue weighted by molar-refractivity contribution is -0.138. The normalized spacial score (nSPS) is 28.0. The fourth-order valence-electron chi connectivity index (χ4n) is 2.40. The summed E-state index contributed by atoms with van der Waals surface area (Å²) in [4.78, 5) is 26.3. The van der Waals surface area contributed by atoms with Gasteiger partial charge in [-0.2, -0.15) is 0 Å². The first-order valence-corrected chi connectivity index (χ1v) is 6.40. The highest BCUT2D eigenvalue weighted by atomic mass is 16.5. The Morgan fingerprint density at radius 1 is 1.28 bits per heavy atom. The van der Waals surface area contributed by atoms with Crippen molar-refractivity contribution in [3.05, 3.63) is 0 Å². The van der Waals surface area contributed by atoms with Crippen LogP contribution in [-0.2, 0) is 9.53 Å². The van der Waals surface area contributed by atoms with E-state index in [0.717, 1.165) is 12.8 Å². The molecule has 2 amide bonds. The summed E-state index contributed by atoms with van der Waals surface area (Å²) in [5.41, 5.74) is 0. The highest BCUT2D eigenvalue weighted by molar-refractivity contribution is 5.81. The molecule has 0 unspecified atom stereocenters. The van der Waals surface area contributed by atoms with Gasteiger partial charge in [-0.3, -0.25) is 4.79 Å². The van der Waals surface area contributed by atoms with Crippen LogP contribution in [0.5, 0.6) is 0 Å². The van der Waals surface area contributed by atoms with Crippen LogP contribution < -0.4 is 0 Å². The largest absolute Gasteiger partial charge is 0.480 e. The molecular formula is C12H20N2O4. The van der Waals surface area contributed by atoms with Crippen LogP contribution in [-0.4, -0.2) is 64.8 Å². The van der Waals surface area contributed by atoms with Crippen molar-refractivity contribution < 1.29 is 19.4 Å². The summed E-state index contributed by atoms with van der Waals surface area (Å²) in [6, 6.07) is -0.0519. The molecule has 2 fully saturated rings. The van der Waals surface area contributed by atoms with Crippen LogP contribution in [0.3, 0.4) is 0 Å². The molecule has 1 aliphatic heterocycles. The van der Waals surface area contributed by atoms with Crippen molar-refractivity contribution in [2.75, 3.05) is 19.6 Å². The van der Waals surface area contributed by atoms with E-state index in [1.807, 2.05) is 13.8 Å². The van der Waals surface area contributed by atoms with Gasteiger partial charge < -0.3 is 19.6 Å². The molecule has 0 aromatic rings. The van der Waals surface area contributed by atoms with E-state index in [4.69, 9.17) is 9.84 Å². The van der Waals surface area contributed by atoms with Gasteiger partial charge in [0, 0.05) is 19.1 Å². The number of hydrogen-bond acceptors (Lipinski definition) is 3. The van der Waals surface area contributed by atoms with Crippen LogP contribution in [0.15, 0.2) is 0 Å². The molecule has 1 saturated carbocycles. The number of morpholine rings is 1. The molecule has 2 aliphatic rings. The van der Waals surface area contributed by atoms with E-state index in [9.17, 15) is 9.59 Å². The topological polar surface area (TPSA) is 70.1 Å². The quantitative estimate of drug-likeness (QED) is 0.809. The first-order chi connectivity index (χ1) is 8.47. The van der Waals surface area contributed by atoms with Crippen LogP contribution in [0.25, 0.3) is 0 Å². The molecule has 18 heavy (non-hydrogen) atoms. The zero-order valence-electron chi connectivity index (χ0n) is 10.8. The minimum atomic E-state index is -0.954.